The molecule has 8 heteroatoms. The summed E-state index contributed by atoms with van der Waals surface area (Å²) in [6.07, 6.45) is 8.36. The second-order valence-corrected chi connectivity index (χ2v) is 6.01. The largest absolute Gasteiger partial charge is 0.379 e. The number of hydrogen-bond acceptors (Lipinski definition) is 7. The summed E-state index contributed by atoms with van der Waals surface area (Å²) < 4.78 is 5.29. The van der Waals surface area contributed by atoms with Crippen LogP contribution >= 0.6 is 0 Å². The molecule has 1 aliphatic heterocycles. The summed E-state index contributed by atoms with van der Waals surface area (Å²) in [7, 11) is 0. The Labute approximate surface area is 150 Å². The Morgan fingerprint density at radius 1 is 1.00 bits per heavy atom. The van der Waals surface area contributed by atoms with E-state index in [4.69, 9.17) is 4.74 Å². The molecule has 8 nitrogen and oxygen atoms in total. The van der Waals surface area contributed by atoms with Crippen molar-refractivity contribution in [3.05, 3.63) is 43.1 Å². The number of nitrogens with zero attached hydrogens (tertiary/aromatic N) is 5. The molecule has 0 aromatic carbocycles. The average molecular weight is 350 g/mol. The fourth-order valence-electron chi connectivity index (χ4n) is 2.82. The van der Waals surface area contributed by atoms with Crippen LogP contribution in [0.2, 0.25) is 0 Å². The highest BCUT2D eigenvalue weighted by atomic mass is 16.5. The zero-order valence-electron chi connectivity index (χ0n) is 14.1. The van der Waals surface area contributed by atoms with Crippen molar-refractivity contribution >= 4 is 22.5 Å². The Balaban J connectivity index is 1.51. The van der Waals surface area contributed by atoms with E-state index in [0.29, 0.717) is 31.3 Å². The van der Waals surface area contributed by atoms with Crippen LogP contribution in [0.25, 0.3) is 22.2 Å². The number of ether oxygens (including phenoxy) is 1. The number of carbonyl (C=O) groups is 1. The molecule has 3 aromatic heterocycles. The van der Waals surface area contributed by atoms with Gasteiger partial charge in [0.25, 0.3) is 0 Å². The molecule has 1 aliphatic rings. The third kappa shape index (κ3) is 3.81. The number of nitrogens with one attached hydrogen (secondary N) is 1. The molecule has 4 heterocycles. The van der Waals surface area contributed by atoms with Gasteiger partial charge < -0.3 is 10.1 Å². The molecule has 3 aromatic rings. The molecule has 1 fully saturated rings. The minimum Gasteiger partial charge on any atom is -0.379 e. The summed E-state index contributed by atoms with van der Waals surface area (Å²) in [5.74, 6) is 0.439. The maximum Gasteiger partial charge on any atom is 0.239 e. The first-order valence-electron chi connectivity index (χ1n) is 8.40. The van der Waals surface area contributed by atoms with Crippen LogP contribution < -0.4 is 5.32 Å². The predicted octanol–water partition coefficient (Wildman–Crippen LogP) is 1.36. The van der Waals surface area contributed by atoms with E-state index in [1.54, 1.807) is 31.0 Å². The lowest BCUT2D eigenvalue weighted by Gasteiger charge is -2.25. The van der Waals surface area contributed by atoms with Gasteiger partial charge in [0.15, 0.2) is 0 Å². The van der Waals surface area contributed by atoms with Crippen LogP contribution in [0.5, 0.6) is 0 Å². The Morgan fingerprint density at radius 2 is 1.85 bits per heavy atom. The Morgan fingerprint density at radius 3 is 2.65 bits per heavy atom. The highest BCUT2D eigenvalue weighted by Gasteiger charge is 2.14. The molecule has 0 bridgehead atoms. The molecule has 26 heavy (non-hydrogen) atoms. The lowest BCUT2D eigenvalue weighted by atomic mass is 10.1. The zero-order valence-corrected chi connectivity index (χ0v) is 14.1. The number of pyridine rings is 2. The van der Waals surface area contributed by atoms with Gasteiger partial charge >= 0.3 is 0 Å². The number of aromatic nitrogens is 4. The van der Waals surface area contributed by atoms with Crippen LogP contribution in [-0.4, -0.2) is 63.6 Å². The van der Waals surface area contributed by atoms with Crippen molar-refractivity contribution in [2.75, 3.05) is 38.2 Å². The number of carbonyl (C=O) groups excluding carboxylic acids is 1. The Bertz CT molecular complexity index is 912. The van der Waals surface area contributed by atoms with Gasteiger partial charge in [-0.1, -0.05) is 0 Å². The third-order valence-electron chi connectivity index (χ3n) is 4.17. The fourth-order valence-corrected chi connectivity index (χ4v) is 2.82. The van der Waals surface area contributed by atoms with Crippen molar-refractivity contribution in [1.29, 1.82) is 0 Å². The van der Waals surface area contributed by atoms with Crippen LogP contribution in [0.3, 0.4) is 0 Å². The van der Waals surface area contributed by atoms with E-state index in [1.807, 2.05) is 12.1 Å². The van der Waals surface area contributed by atoms with Crippen molar-refractivity contribution in [3.63, 3.8) is 0 Å². The zero-order chi connectivity index (χ0) is 17.8. The Hall–Kier alpha value is -2.97. The van der Waals surface area contributed by atoms with Gasteiger partial charge in [-0.15, -0.1) is 0 Å². The topological polar surface area (TPSA) is 93.1 Å². The minimum atomic E-state index is -0.0815. The molecule has 1 N–H and O–H groups in total. The summed E-state index contributed by atoms with van der Waals surface area (Å²) in [5, 5.41) is 4.68. The molecular formula is C18H18N6O2. The number of rotatable bonds is 4. The van der Waals surface area contributed by atoms with Gasteiger partial charge in [0.05, 0.1) is 31.6 Å². The summed E-state index contributed by atoms with van der Waals surface area (Å²) >= 11 is 0. The SMILES string of the molecule is O=C(CN1CCOCC1)Nc1cc2cc(-c3cnccn3)ncc2cn1. The van der Waals surface area contributed by atoms with Gasteiger partial charge in [0.1, 0.15) is 11.5 Å². The van der Waals surface area contributed by atoms with Gasteiger partial charge in [0, 0.05) is 43.3 Å². The fraction of sp³-hybridized carbons (Fsp3) is 0.278. The molecular weight excluding hydrogens is 332 g/mol. The molecule has 0 aliphatic carbocycles. The molecule has 0 unspecified atom stereocenters. The first kappa shape index (κ1) is 16.5. The van der Waals surface area contributed by atoms with Gasteiger partial charge in [-0.3, -0.25) is 24.6 Å². The maximum absolute atomic E-state index is 12.2. The normalized spacial score (nSPS) is 15.1. The third-order valence-corrected chi connectivity index (χ3v) is 4.17. The molecule has 132 valence electrons. The smallest absolute Gasteiger partial charge is 0.239 e. The number of anilines is 1. The molecule has 0 saturated carbocycles. The molecule has 0 atom stereocenters. The molecule has 1 amide bonds. The van der Waals surface area contributed by atoms with E-state index in [1.165, 1.54) is 0 Å². The second kappa shape index (κ2) is 7.51. The van der Waals surface area contributed by atoms with Crippen molar-refractivity contribution in [2.24, 2.45) is 0 Å². The molecule has 0 radical (unpaired) electrons. The van der Waals surface area contributed by atoms with Crippen molar-refractivity contribution in [2.45, 2.75) is 0 Å². The maximum atomic E-state index is 12.2. The summed E-state index contributed by atoms with van der Waals surface area (Å²) in [5.41, 5.74) is 1.42. The first-order chi connectivity index (χ1) is 12.8. The summed E-state index contributed by atoms with van der Waals surface area (Å²) in [6, 6.07) is 3.76. The van der Waals surface area contributed by atoms with Crippen LogP contribution in [0.1, 0.15) is 0 Å². The summed E-state index contributed by atoms with van der Waals surface area (Å²) in [4.78, 5) is 31.3. The van der Waals surface area contributed by atoms with Crippen LogP contribution in [0, 0.1) is 0 Å². The van der Waals surface area contributed by atoms with E-state index in [2.05, 4.69) is 30.2 Å². The quantitative estimate of drug-likeness (QED) is 0.759. The number of amides is 1. The monoisotopic (exact) mass is 350 g/mol. The van der Waals surface area contributed by atoms with Crippen molar-refractivity contribution < 1.29 is 9.53 Å². The van der Waals surface area contributed by atoms with Crippen molar-refractivity contribution in [3.8, 4) is 11.4 Å². The van der Waals surface area contributed by atoms with E-state index < -0.39 is 0 Å². The van der Waals surface area contributed by atoms with Gasteiger partial charge in [-0.2, -0.15) is 0 Å². The number of morpholine rings is 1. The summed E-state index contributed by atoms with van der Waals surface area (Å²) in [6.45, 7) is 3.21. The lowest BCUT2D eigenvalue weighted by molar-refractivity contribution is -0.118. The van der Waals surface area contributed by atoms with E-state index in [9.17, 15) is 4.79 Å². The van der Waals surface area contributed by atoms with Crippen molar-refractivity contribution in [1.82, 2.24) is 24.8 Å². The van der Waals surface area contributed by atoms with Gasteiger partial charge in [-0.25, -0.2) is 4.98 Å². The van der Waals surface area contributed by atoms with E-state index in [-0.39, 0.29) is 5.91 Å². The van der Waals surface area contributed by atoms with Crippen LogP contribution in [-0.2, 0) is 9.53 Å². The highest BCUT2D eigenvalue weighted by Crippen LogP contribution is 2.21. The molecule has 4 rings (SSSR count). The lowest BCUT2D eigenvalue weighted by Crippen LogP contribution is -2.41. The van der Waals surface area contributed by atoms with E-state index in [0.717, 1.165) is 29.6 Å². The minimum absolute atomic E-state index is 0.0815. The van der Waals surface area contributed by atoms with Gasteiger partial charge in [-0.05, 0) is 17.5 Å². The van der Waals surface area contributed by atoms with Crippen LogP contribution in [0.15, 0.2) is 43.1 Å². The number of hydrogen-bond donors (Lipinski definition) is 1. The highest BCUT2D eigenvalue weighted by molar-refractivity contribution is 5.94. The first-order valence-corrected chi connectivity index (χ1v) is 8.40. The molecule has 1 saturated heterocycles. The van der Waals surface area contributed by atoms with Gasteiger partial charge in [0.2, 0.25) is 5.91 Å². The number of fused-ring (bicyclic) bond motifs is 1. The predicted molar refractivity (Wildman–Crippen MR) is 96.5 cm³/mol. The molecule has 0 spiro atoms. The van der Waals surface area contributed by atoms with E-state index >= 15 is 0 Å². The Kier molecular flexibility index (Phi) is 4.76. The average Bonchev–Trinajstić information content (AvgIpc) is 2.69. The van der Waals surface area contributed by atoms with Crippen LogP contribution in [0.4, 0.5) is 5.82 Å². The second-order valence-electron chi connectivity index (χ2n) is 6.01. The standard InChI is InChI=1S/C18H18N6O2/c25-18(12-24-3-5-26-6-4-24)23-17-8-13-7-15(16-11-19-1-2-20-16)21-9-14(13)10-22-17/h1-2,7-11H,3-6,12H2,(H,22,23,25).